The first-order valence-electron chi connectivity index (χ1n) is 5.81. The molecule has 1 aromatic carbocycles. The number of nitrogens with zero attached hydrogens (tertiary/aromatic N) is 1. The summed E-state index contributed by atoms with van der Waals surface area (Å²) in [5, 5.41) is 0. The second kappa shape index (κ2) is 5.28. The van der Waals surface area contributed by atoms with Crippen LogP contribution in [-0.2, 0) is 6.54 Å². The summed E-state index contributed by atoms with van der Waals surface area (Å²) in [6, 6.07) is 5.29. The topological polar surface area (TPSA) is 3.24 Å². The van der Waals surface area contributed by atoms with E-state index in [1.54, 1.807) is 0 Å². The molecule has 0 N–H and O–H groups in total. The van der Waals surface area contributed by atoms with Gasteiger partial charge in [-0.05, 0) is 65.5 Å². The fourth-order valence-electron chi connectivity index (χ4n) is 2.12. The minimum atomic E-state index is -0.184. The van der Waals surface area contributed by atoms with Crippen molar-refractivity contribution >= 4 is 15.9 Å². The van der Waals surface area contributed by atoms with Gasteiger partial charge < -0.3 is 0 Å². The van der Waals surface area contributed by atoms with Crippen molar-refractivity contribution in [2.45, 2.75) is 26.3 Å². The molecule has 0 saturated carbocycles. The molecule has 1 saturated heterocycles. The number of hydrogen-bond donors (Lipinski definition) is 0. The van der Waals surface area contributed by atoms with Crippen molar-refractivity contribution in [1.29, 1.82) is 0 Å². The van der Waals surface area contributed by atoms with E-state index >= 15 is 0 Å². The van der Waals surface area contributed by atoms with Gasteiger partial charge in [0.2, 0.25) is 0 Å². The molecule has 16 heavy (non-hydrogen) atoms. The molecule has 1 aliphatic rings. The Bertz CT molecular complexity index is 359. The first-order valence-corrected chi connectivity index (χ1v) is 6.61. The van der Waals surface area contributed by atoms with Crippen LogP contribution in [0.3, 0.4) is 0 Å². The van der Waals surface area contributed by atoms with Crippen LogP contribution in [0.4, 0.5) is 4.39 Å². The Labute approximate surface area is 105 Å². The maximum Gasteiger partial charge on any atom is 0.137 e. The third-order valence-electron chi connectivity index (χ3n) is 3.27. The lowest BCUT2D eigenvalue weighted by molar-refractivity contribution is 0.185. The fraction of sp³-hybridized carbons (Fsp3) is 0.538. The van der Waals surface area contributed by atoms with Gasteiger partial charge in [-0.1, -0.05) is 13.0 Å². The molecule has 0 amide bonds. The zero-order valence-corrected chi connectivity index (χ0v) is 11.1. The second-order valence-electron chi connectivity index (χ2n) is 4.71. The van der Waals surface area contributed by atoms with Crippen molar-refractivity contribution in [3.63, 3.8) is 0 Å². The van der Waals surface area contributed by atoms with Crippen LogP contribution in [0.1, 0.15) is 25.3 Å². The fourth-order valence-corrected chi connectivity index (χ4v) is 2.54. The maximum atomic E-state index is 13.1. The zero-order valence-electron chi connectivity index (χ0n) is 9.55. The summed E-state index contributed by atoms with van der Waals surface area (Å²) in [6.45, 7) is 5.57. The quantitative estimate of drug-likeness (QED) is 0.799. The molecular formula is C13H17BrFN. The summed E-state index contributed by atoms with van der Waals surface area (Å²) in [5.74, 6) is 0.673. The Morgan fingerprint density at radius 3 is 2.69 bits per heavy atom. The predicted molar refractivity (Wildman–Crippen MR) is 67.8 cm³/mol. The van der Waals surface area contributed by atoms with Gasteiger partial charge in [-0.15, -0.1) is 0 Å². The molecular weight excluding hydrogens is 269 g/mol. The summed E-state index contributed by atoms with van der Waals surface area (Å²) in [5.41, 5.74) is 1.18. The lowest BCUT2D eigenvalue weighted by Crippen LogP contribution is -2.32. The van der Waals surface area contributed by atoms with E-state index < -0.39 is 0 Å². The molecule has 1 heterocycles. The molecule has 0 spiro atoms. The highest BCUT2D eigenvalue weighted by molar-refractivity contribution is 9.10. The van der Waals surface area contributed by atoms with E-state index in [4.69, 9.17) is 0 Å². The van der Waals surface area contributed by atoms with E-state index in [1.165, 1.54) is 24.5 Å². The first-order chi connectivity index (χ1) is 7.65. The molecule has 3 heteroatoms. The Kier molecular flexibility index (Phi) is 3.98. The molecule has 1 aromatic rings. The third-order valence-corrected chi connectivity index (χ3v) is 3.87. The van der Waals surface area contributed by atoms with Gasteiger partial charge in [0.1, 0.15) is 5.82 Å². The lowest BCUT2D eigenvalue weighted by atomic mass is 9.99. The predicted octanol–water partition coefficient (Wildman–Crippen LogP) is 3.82. The molecule has 1 fully saturated rings. The number of hydrogen-bond acceptors (Lipinski definition) is 1. The molecule has 88 valence electrons. The average Bonchev–Trinajstić information content (AvgIpc) is 2.27. The lowest BCUT2D eigenvalue weighted by Gasteiger charge is -2.30. The molecule has 0 bridgehead atoms. The van der Waals surface area contributed by atoms with Crippen molar-refractivity contribution < 1.29 is 4.39 Å². The summed E-state index contributed by atoms with van der Waals surface area (Å²) < 4.78 is 13.6. The highest BCUT2D eigenvalue weighted by Crippen LogP contribution is 2.21. The summed E-state index contributed by atoms with van der Waals surface area (Å²) >= 11 is 3.23. The van der Waals surface area contributed by atoms with E-state index in [2.05, 4.69) is 27.8 Å². The maximum absolute atomic E-state index is 13.1. The Morgan fingerprint density at radius 2 is 2.06 bits per heavy atom. The Hall–Kier alpha value is -0.410. The highest BCUT2D eigenvalue weighted by Gasteiger charge is 2.15. The van der Waals surface area contributed by atoms with E-state index in [9.17, 15) is 4.39 Å². The standard InChI is InChI=1S/C13H17BrFN/c1-10-4-6-16(7-5-10)9-11-2-3-13(15)12(14)8-11/h2-3,8,10H,4-7,9H2,1H3. The molecule has 1 aliphatic heterocycles. The number of benzene rings is 1. The van der Waals surface area contributed by atoms with E-state index in [0.29, 0.717) is 4.47 Å². The Morgan fingerprint density at radius 1 is 1.38 bits per heavy atom. The SMILES string of the molecule is CC1CCN(Cc2ccc(F)c(Br)c2)CC1. The molecule has 1 nitrogen and oxygen atoms in total. The van der Waals surface area contributed by atoms with Crippen LogP contribution in [0.15, 0.2) is 22.7 Å². The van der Waals surface area contributed by atoms with Crippen LogP contribution in [0.5, 0.6) is 0 Å². The van der Waals surface area contributed by atoms with E-state index in [1.807, 2.05) is 12.1 Å². The Balaban J connectivity index is 1.96. The van der Waals surface area contributed by atoms with E-state index in [0.717, 1.165) is 25.6 Å². The summed E-state index contributed by atoms with van der Waals surface area (Å²) in [6.07, 6.45) is 2.56. The van der Waals surface area contributed by atoms with Crippen molar-refractivity contribution in [1.82, 2.24) is 4.90 Å². The van der Waals surface area contributed by atoms with Crippen LogP contribution in [0.2, 0.25) is 0 Å². The van der Waals surface area contributed by atoms with Gasteiger partial charge in [0.15, 0.2) is 0 Å². The minimum absolute atomic E-state index is 0.184. The van der Waals surface area contributed by atoms with Crippen molar-refractivity contribution in [3.05, 3.63) is 34.1 Å². The number of rotatable bonds is 2. The monoisotopic (exact) mass is 285 g/mol. The van der Waals surface area contributed by atoms with Gasteiger partial charge in [0.25, 0.3) is 0 Å². The van der Waals surface area contributed by atoms with Gasteiger partial charge in [-0.3, -0.25) is 4.90 Å². The van der Waals surface area contributed by atoms with Crippen LogP contribution in [-0.4, -0.2) is 18.0 Å². The summed E-state index contributed by atoms with van der Waals surface area (Å²) in [4.78, 5) is 2.44. The van der Waals surface area contributed by atoms with Gasteiger partial charge in [-0.25, -0.2) is 4.39 Å². The van der Waals surface area contributed by atoms with Crippen LogP contribution in [0.25, 0.3) is 0 Å². The minimum Gasteiger partial charge on any atom is -0.299 e. The van der Waals surface area contributed by atoms with Crippen LogP contribution >= 0.6 is 15.9 Å². The average molecular weight is 286 g/mol. The smallest absolute Gasteiger partial charge is 0.137 e. The normalized spacial score (nSPS) is 18.9. The van der Waals surface area contributed by atoms with Gasteiger partial charge >= 0.3 is 0 Å². The van der Waals surface area contributed by atoms with Gasteiger partial charge in [-0.2, -0.15) is 0 Å². The number of likely N-dealkylation sites (tertiary alicyclic amines) is 1. The van der Waals surface area contributed by atoms with Crippen molar-refractivity contribution in [2.75, 3.05) is 13.1 Å². The van der Waals surface area contributed by atoms with Crippen molar-refractivity contribution in [3.8, 4) is 0 Å². The third kappa shape index (κ3) is 3.05. The van der Waals surface area contributed by atoms with Crippen molar-refractivity contribution in [2.24, 2.45) is 5.92 Å². The molecule has 2 rings (SSSR count). The van der Waals surface area contributed by atoms with Gasteiger partial charge in [0.05, 0.1) is 4.47 Å². The number of halogens is 2. The highest BCUT2D eigenvalue weighted by atomic mass is 79.9. The first kappa shape index (κ1) is 12.1. The zero-order chi connectivity index (χ0) is 11.5. The van der Waals surface area contributed by atoms with Crippen LogP contribution < -0.4 is 0 Å². The second-order valence-corrected chi connectivity index (χ2v) is 5.56. The summed E-state index contributed by atoms with van der Waals surface area (Å²) in [7, 11) is 0. The number of piperidine rings is 1. The molecule has 0 unspecified atom stereocenters. The molecule has 0 aliphatic carbocycles. The van der Waals surface area contributed by atoms with Crippen LogP contribution in [0, 0.1) is 11.7 Å². The molecule has 0 radical (unpaired) electrons. The van der Waals surface area contributed by atoms with E-state index in [-0.39, 0.29) is 5.82 Å². The molecule has 0 atom stereocenters. The van der Waals surface area contributed by atoms with Gasteiger partial charge in [0, 0.05) is 6.54 Å². The largest absolute Gasteiger partial charge is 0.299 e. The molecule has 0 aromatic heterocycles.